The van der Waals surface area contributed by atoms with Crippen molar-refractivity contribution in [3.05, 3.63) is 29.6 Å². The zero-order valence-corrected chi connectivity index (χ0v) is 4.02. The molecule has 0 aromatic rings. The van der Waals surface area contributed by atoms with Crippen molar-refractivity contribution >= 4 is 5.94 Å². The van der Waals surface area contributed by atoms with Gasteiger partial charge in [0.15, 0.2) is 0 Å². The highest BCUT2D eigenvalue weighted by Gasteiger charge is 2.03. The van der Waals surface area contributed by atoms with E-state index in [0.717, 1.165) is 0 Å². The number of rotatable bonds is 0. The fourth-order valence-electron chi connectivity index (χ4n) is 0.481. The molecule has 0 radical (unpaired) electrons. The van der Waals surface area contributed by atoms with Gasteiger partial charge in [-0.3, -0.25) is 0 Å². The zero-order valence-electron chi connectivity index (χ0n) is 4.02. The highest BCUT2D eigenvalue weighted by atomic mass is 19.1. The second-order valence-electron chi connectivity index (χ2n) is 1.39. The third-order valence-electron chi connectivity index (χ3n) is 0.873. The maximum Gasteiger partial charge on any atom is 0.141 e. The van der Waals surface area contributed by atoms with Crippen LogP contribution >= 0.6 is 0 Å². The summed E-state index contributed by atoms with van der Waals surface area (Å²) in [4.78, 5) is 9.72. The van der Waals surface area contributed by atoms with E-state index in [1.54, 1.807) is 0 Å². The molecule has 1 aliphatic rings. The predicted octanol–water partition coefficient (Wildman–Crippen LogP) is 1.17. The van der Waals surface area contributed by atoms with E-state index in [9.17, 15) is 9.18 Å². The van der Waals surface area contributed by atoms with Crippen LogP contribution in [0.15, 0.2) is 29.6 Å². The molecular weight excluding hydrogens is 107 g/mol. The summed E-state index contributed by atoms with van der Waals surface area (Å²) < 4.78 is 12.1. The Morgan fingerprint density at radius 2 is 2.38 bits per heavy atom. The van der Waals surface area contributed by atoms with Crippen LogP contribution in [0, 0.1) is 0 Å². The van der Waals surface area contributed by atoms with E-state index in [-0.39, 0.29) is 5.57 Å². The van der Waals surface area contributed by atoms with Crippen LogP contribution < -0.4 is 0 Å². The quantitative estimate of drug-likeness (QED) is 0.428. The first-order valence-electron chi connectivity index (χ1n) is 2.14. The lowest BCUT2D eigenvalue weighted by Crippen LogP contribution is -1.71. The van der Waals surface area contributed by atoms with Crippen LogP contribution in [0.2, 0.25) is 0 Å². The lowest BCUT2D eigenvalue weighted by Gasteiger charge is -1.78. The minimum absolute atomic E-state index is 0.00463. The van der Waals surface area contributed by atoms with Crippen molar-refractivity contribution in [1.29, 1.82) is 0 Å². The molecule has 8 heavy (non-hydrogen) atoms. The van der Waals surface area contributed by atoms with E-state index in [1.807, 2.05) is 0 Å². The fraction of sp³-hybridized carbons (Fsp3) is 0. The molecule has 0 fully saturated rings. The van der Waals surface area contributed by atoms with E-state index < -0.39 is 5.83 Å². The van der Waals surface area contributed by atoms with Crippen LogP contribution in [0.25, 0.3) is 0 Å². The minimum Gasteiger partial charge on any atom is -0.233 e. The Bertz CT molecular complexity index is 207. The number of hydrogen-bond donors (Lipinski definition) is 0. The van der Waals surface area contributed by atoms with Crippen LogP contribution in [0.3, 0.4) is 0 Å². The molecule has 1 nitrogen and oxygen atoms in total. The normalized spacial score (nSPS) is 16.1. The van der Waals surface area contributed by atoms with Gasteiger partial charge in [-0.05, 0) is 12.2 Å². The van der Waals surface area contributed by atoms with Crippen molar-refractivity contribution < 1.29 is 9.18 Å². The van der Waals surface area contributed by atoms with Gasteiger partial charge in [0, 0.05) is 0 Å². The second kappa shape index (κ2) is 1.76. The van der Waals surface area contributed by atoms with Crippen LogP contribution in [0.1, 0.15) is 0 Å². The van der Waals surface area contributed by atoms with Crippen molar-refractivity contribution in [3.8, 4) is 0 Å². The third kappa shape index (κ3) is 0.614. The van der Waals surface area contributed by atoms with Gasteiger partial charge in [0.25, 0.3) is 0 Å². The molecule has 1 aliphatic carbocycles. The van der Waals surface area contributed by atoms with E-state index in [4.69, 9.17) is 0 Å². The van der Waals surface area contributed by atoms with Crippen molar-refractivity contribution in [1.82, 2.24) is 0 Å². The Balaban J connectivity index is 3.05. The van der Waals surface area contributed by atoms with Crippen molar-refractivity contribution in [2.45, 2.75) is 0 Å². The molecule has 0 bridgehead atoms. The van der Waals surface area contributed by atoms with Gasteiger partial charge in [0.05, 0.1) is 5.57 Å². The molecule has 40 valence electrons. The molecule has 0 spiro atoms. The molecule has 0 saturated carbocycles. The number of halogens is 1. The Hall–Kier alpha value is -1.14. The summed E-state index contributed by atoms with van der Waals surface area (Å²) in [6.07, 6.45) is 4.07. The highest BCUT2D eigenvalue weighted by Crippen LogP contribution is 2.15. The molecule has 0 amide bonds. The standard InChI is InChI=1S/C6H3FO/c7-6-3-1-2-5(6)4-8/h1-3H. The molecule has 0 aliphatic heterocycles. The van der Waals surface area contributed by atoms with Gasteiger partial charge in [0.2, 0.25) is 0 Å². The van der Waals surface area contributed by atoms with Crippen LogP contribution in [0.4, 0.5) is 4.39 Å². The van der Waals surface area contributed by atoms with Gasteiger partial charge in [0.1, 0.15) is 11.8 Å². The van der Waals surface area contributed by atoms with Gasteiger partial charge in [-0.1, -0.05) is 6.08 Å². The van der Waals surface area contributed by atoms with E-state index in [2.05, 4.69) is 0 Å². The molecular formula is C6H3FO. The molecule has 0 heterocycles. The molecule has 2 heteroatoms. The SMILES string of the molecule is O=C=C1C=CC=C1F. The van der Waals surface area contributed by atoms with Gasteiger partial charge in [-0.25, -0.2) is 9.18 Å². The average molecular weight is 110 g/mol. The molecule has 0 aromatic heterocycles. The molecule has 0 N–H and O–H groups in total. The summed E-state index contributed by atoms with van der Waals surface area (Å²) in [6.45, 7) is 0. The summed E-state index contributed by atoms with van der Waals surface area (Å²) in [5, 5.41) is 0. The first-order valence-corrected chi connectivity index (χ1v) is 2.14. The topological polar surface area (TPSA) is 17.1 Å². The molecule has 0 saturated heterocycles. The van der Waals surface area contributed by atoms with Gasteiger partial charge >= 0.3 is 0 Å². The smallest absolute Gasteiger partial charge is 0.141 e. The predicted molar refractivity (Wildman–Crippen MR) is 27.5 cm³/mol. The Labute approximate surface area is 45.8 Å². The van der Waals surface area contributed by atoms with E-state index in [0.29, 0.717) is 0 Å². The summed E-state index contributed by atoms with van der Waals surface area (Å²) in [5.41, 5.74) is 0.00463. The largest absolute Gasteiger partial charge is 0.233 e. The Morgan fingerprint density at radius 1 is 1.62 bits per heavy atom. The maximum absolute atomic E-state index is 12.1. The zero-order chi connectivity index (χ0) is 5.98. The third-order valence-corrected chi connectivity index (χ3v) is 0.873. The van der Waals surface area contributed by atoms with Crippen LogP contribution in [0.5, 0.6) is 0 Å². The lowest BCUT2D eigenvalue weighted by atomic mass is 10.3. The maximum atomic E-state index is 12.1. The number of hydrogen-bond acceptors (Lipinski definition) is 1. The summed E-state index contributed by atoms with van der Waals surface area (Å²) in [7, 11) is 0. The average Bonchev–Trinajstić information content (AvgIpc) is 2.14. The lowest BCUT2D eigenvalue weighted by molar-refractivity contribution is 0.565. The van der Waals surface area contributed by atoms with E-state index in [1.165, 1.54) is 24.2 Å². The first-order chi connectivity index (χ1) is 3.84. The number of carbonyl (C=O) groups excluding carboxylic acids is 1. The Morgan fingerprint density at radius 3 is 2.62 bits per heavy atom. The minimum atomic E-state index is -0.500. The number of allylic oxidation sites excluding steroid dienone is 5. The first kappa shape index (κ1) is 5.01. The van der Waals surface area contributed by atoms with Gasteiger partial charge < -0.3 is 0 Å². The van der Waals surface area contributed by atoms with Crippen molar-refractivity contribution in [2.24, 2.45) is 0 Å². The highest BCUT2D eigenvalue weighted by molar-refractivity contribution is 5.67. The Kier molecular flexibility index (Phi) is 1.10. The van der Waals surface area contributed by atoms with Crippen molar-refractivity contribution in [3.63, 3.8) is 0 Å². The second-order valence-corrected chi connectivity index (χ2v) is 1.39. The molecule has 0 atom stereocenters. The van der Waals surface area contributed by atoms with Crippen LogP contribution in [-0.4, -0.2) is 5.94 Å². The van der Waals surface area contributed by atoms with Gasteiger partial charge in [-0.2, -0.15) is 0 Å². The summed E-state index contributed by atoms with van der Waals surface area (Å²) in [6, 6.07) is 0. The fourth-order valence-corrected chi connectivity index (χ4v) is 0.481. The monoisotopic (exact) mass is 110 g/mol. The van der Waals surface area contributed by atoms with Gasteiger partial charge in [-0.15, -0.1) is 0 Å². The summed E-state index contributed by atoms with van der Waals surface area (Å²) in [5.74, 6) is 0.950. The molecule has 1 rings (SSSR count). The molecule has 0 unspecified atom stereocenters. The molecule has 0 aromatic carbocycles. The van der Waals surface area contributed by atoms with Crippen LogP contribution in [-0.2, 0) is 4.79 Å². The van der Waals surface area contributed by atoms with E-state index >= 15 is 0 Å². The van der Waals surface area contributed by atoms with Crippen molar-refractivity contribution in [2.75, 3.05) is 0 Å². The summed E-state index contributed by atoms with van der Waals surface area (Å²) >= 11 is 0.